The molecular formula is C10H14N2O3. The third-order valence-corrected chi connectivity index (χ3v) is 3.32. The molecule has 5 nitrogen and oxygen atoms in total. The maximum atomic E-state index is 11.7. The molecule has 0 aromatic carbocycles. The molecule has 2 atom stereocenters. The van der Waals surface area contributed by atoms with E-state index in [0.717, 1.165) is 12.8 Å². The minimum atomic E-state index is -0.803. The van der Waals surface area contributed by atoms with Crippen LogP contribution in [0.3, 0.4) is 0 Å². The van der Waals surface area contributed by atoms with Gasteiger partial charge in [-0.05, 0) is 25.7 Å². The molecule has 5 heteroatoms. The molecule has 1 aliphatic carbocycles. The van der Waals surface area contributed by atoms with E-state index in [9.17, 15) is 14.4 Å². The van der Waals surface area contributed by atoms with Crippen molar-refractivity contribution in [3.05, 3.63) is 0 Å². The topological polar surface area (TPSA) is 75.3 Å². The van der Waals surface area contributed by atoms with Crippen molar-refractivity contribution in [3.63, 3.8) is 0 Å². The highest BCUT2D eigenvalue weighted by atomic mass is 16.2. The molecule has 82 valence electrons. The summed E-state index contributed by atoms with van der Waals surface area (Å²) in [6, 6.07) is -0.435. The van der Waals surface area contributed by atoms with Crippen LogP contribution in [0.25, 0.3) is 0 Å². The molecule has 2 fully saturated rings. The Kier molecular flexibility index (Phi) is 2.25. The zero-order valence-electron chi connectivity index (χ0n) is 8.63. The Labute approximate surface area is 87.6 Å². The summed E-state index contributed by atoms with van der Waals surface area (Å²) in [5.41, 5.74) is -0.803. The average molecular weight is 210 g/mol. The van der Waals surface area contributed by atoms with Crippen LogP contribution in [0.4, 0.5) is 4.79 Å². The molecule has 0 aromatic heterocycles. The van der Waals surface area contributed by atoms with E-state index in [0.29, 0.717) is 12.8 Å². The zero-order chi connectivity index (χ0) is 11.1. The summed E-state index contributed by atoms with van der Waals surface area (Å²) in [6.07, 6.45) is 2.72. The Morgan fingerprint density at radius 2 is 2.27 bits per heavy atom. The smallest absolute Gasteiger partial charge is 0.322 e. The van der Waals surface area contributed by atoms with Gasteiger partial charge >= 0.3 is 6.03 Å². The fourth-order valence-electron chi connectivity index (χ4n) is 2.67. The van der Waals surface area contributed by atoms with E-state index < -0.39 is 11.6 Å². The number of Topliss-reactive ketones (excluding diaryl/α,β-unsaturated/α-hetero) is 1. The monoisotopic (exact) mass is 210 g/mol. The van der Waals surface area contributed by atoms with Crippen molar-refractivity contribution in [3.8, 4) is 0 Å². The number of hydrogen-bond acceptors (Lipinski definition) is 3. The van der Waals surface area contributed by atoms with Crippen LogP contribution in [-0.4, -0.2) is 23.3 Å². The first-order valence-electron chi connectivity index (χ1n) is 5.17. The number of rotatable bonds is 2. The van der Waals surface area contributed by atoms with Gasteiger partial charge in [-0.1, -0.05) is 6.42 Å². The molecule has 3 amide bonds. The van der Waals surface area contributed by atoms with E-state index in [1.807, 2.05) is 0 Å². The van der Waals surface area contributed by atoms with Crippen LogP contribution in [-0.2, 0) is 9.59 Å². The molecule has 0 radical (unpaired) electrons. The number of nitrogens with one attached hydrogen (secondary N) is 2. The van der Waals surface area contributed by atoms with Crippen LogP contribution in [0.1, 0.15) is 32.6 Å². The number of ketones is 1. The predicted octanol–water partition coefficient (Wildman–Crippen LogP) is 0.344. The van der Waals surface area contributed by atoms with E-state index in [2.05, 4.69) is 10.6 Å². The Balaban J connectivity index is 2.22. The first-order valence-corrected chi connectivity index (χ1v) is 5.17. The molecule has 1 saturated heterocycles. The third kappa shape index (κ3) is 1.52. The van der Waals surface area contributed by atoms with Gasteiger partial charge in [-0.25, -0.2) is 4.79 Å². The number of imide groups is 1. The summed E-state index contributed by atoms with van der Waals surface area (Å²) in [5.74, 6) is -0.243. The van der Waals surface area contributed by atoms with E-state index >= 15 is 0 Å². The summed E-state index contributed by atoms with van der Waals surface area (Å²) in [5, 5.41) is 4.94. The van der Waals surface area contributed by atoms with Gasteiger partial charge in [-0.3, -0.25) is 10.1 Å². The van der Waals surface area contributed by atoms with Gasteiger partial charge < -0.3 is 10.1 Å². The van der Waals surface area contributed by atoms with Gasteiger partial charge in [0.25, 0.3) is 5.91 Å². The zero-order valence-corrected chi connectivity index (χ0v) is 8.63. The number of carbonyl (C=O) groups is 3. The molecule has 2 N–H and O–H groups in total. The van der Waals surface area contributed by atoms with Gasteiger partial charge in [0.1, 0.15) is 11.3 Å². The fourth-order valence-corrected chi connectivity index (χ4v) is 2.67. The van der Waals surface area contributed by atoms with Crippen molar-refractivity contribution in [2.45, 2.75) is 38.1 Å². The molecule has 2 unspecified atom stereocenters. The van der Waals surface area contributed by atoms with Crippen molar-refractivity contribution in [1.82, 2.24) is 10.6 Å². The second-order valence-electron chi connectivity index (χ2n) is 4.37. The number of urea groups is 1. The second kappa shape index (κ2) is 3.32. The lowest BCUT2D eigenvalue weighted by Gasteiger charge is -2.27. The summed E-state index contributed by atoms with van der Waals surface area (Å²) >= 11 is 0. The van der Waals surface area contributed by atoms with E-state index in [-0.39, 0.29) is 17.6 Å². The summed E-state index contributed by atoms with van der Waals surface area (Å²) in [4.78, 5) is 33.9. The van der Waals surface area contributed by atoms with Crippen LogP contribution >= 0.6 is 0 Å². The highest BCUT2D eigenvalue weighted by Gasteiger charge is 2.54. The van der Waals surface area contributed by atoms with Gasteiger partial charge in [0.15, 0.2) is 0 Å². The maximum Gasteiger partial charge on any atom is 0.322 e. The first-order chi connectivity index (χ1) is 7.04. The first kappa shape index (κ1) is 10.1. The van der Waals surface area contributed by atoms with Crippen molar-refractivity contribution in [2.24, 2.45) is 5.92 Å². The van der Waals surface area contributed by atoms with Crippen molar-refractivity contribution in [2.75, 3.05) is 0 Å². The largest absolute Gasteiger partial charge is 0.323 e. The van der Waals surface area contributed by atoms with Crippen LogP contribution < -0.4 is 10.6 Å². The highest BCUT2D eigenvalue weighted by Crippen LogP contribution is 2.39. The summed E-state index contributed by atoms with van der Waals surface area (Å²) < 4.78 is 0. The lowest BCUT2D eigenvalue weighted by Crippen LogP contribution is -2.50. The Morgan fingerprint density at radius 3 is 2.80 bits per heavy atom. The van der Waals surface area contributed by atoms with E-state index in [4.69, 9.17) is 0 Å². The van der Waals surface area contributed by atoms with Crippen LogP contribution in [0.5, 0.6) is 0 Å². The van der Waals surface area contributed by atoms with E-state index in [1.165, 1.54) is 6.92 Å². The lowest BCUT2D eigenvalue weighted by molar-refractivity contribution is -0.126. The second-order valence-corrected chi connectivity index (χ2v) is 4.37. The molecule has 1 saturated carbocycles. The van der Waals surface area contributed by atoms with Crippen LogP contribution in [0.15, 0.2) is 0 Å². The van der Waals surface area contributed by atoms with Gasteiger partial charge in [0.2, 0.25) is 0 Å². The summed E-state index contributed by atoms with van der Waals surface area (Å²) in [7, 11) is 0. The maximum absolute atomic E-state index is 11.7. The lowest BCUT2D eigenvalue weighted by atomic mass is 9.84. The van der Waals surface area contributed by atoms with Crippen molar-refractivity contribution in [1.29, 1.82) is 0 Å². The summed E-state index contributed by atoms with van der Waals surface area (Å²) in [6.45, 7) is 1.51. The van der Waals surface area contributed by atoms with Crippen LogP contribution in [0, 0.1) is 5.92 Å². The van der Waals surface area contributed by atoms with Gasteiger partial charge in [-0.15, -0.1) is 0 Å². The molecule has 2 rings (SSSR count). The molecule has 1 spiro atoms. The van der Waals surface area contributed by atoms with Crippen LogP contribution in [0.2, 0.25) is 0 Å². The number of hydrogen-bond donors (Lipinski definition) is 2. The quantitative estimate of drug-likeness (QED) is 0.645. The standard InChI is InChI=1S/C10H14N2O3/c1-6(13)5-7-3-2-4-10(7)8(14)11-9(15)12-10/h7H,2-5H2,1H3,(H2,11,12,14,15). The fraction of sp³-hybridized carbons (Fsp3) is 0.700. The molecule has 0 bridgehead atoms. The molecule has 1 heterocycles. The third-order valence-electron chi connectivity index (χ3n) is 3.32. The molecular weight excluding hydrogens is 196 g/mol. The Bertz CT molecular complexity index is 340. The average Bonchev–Trinajstić information content (AvgIpc) is 2.60. The number of amides is 3. The van der Waals surface area contributed by atoms with Crippen molar-refractivity contribution < 1.29 is 14.4 Å². The Morgan fingerprint density at radius 1 is 1.53 bits per heavy atom. The van der Waals surface area contributed by atoms with Gasteiger partial charge in [-0.2, -0.15) is 0 Å². The SMILES string of the molecule is CC(=O)CC1CCCC12NC(=O)NC2=O. The molecule has 15 heavy (non-hydrogen) atoms. The normalized spacial score (nSPS) is 34.3. The minimum absolute atomic E-state index is 0.0403. The van der Waals surface area contributed by atoms with Gasteiger partial charge in [0, 0.05) is 6.42 Å². The molecule has 1 aliphatic heterocycles. The minimum Gasteiger partial charge on any atom is -0.323 e. The highest BCUT2D eigenvalue weighted by molar-refractivity contribution is 6.07. The number of carbonyl (C=O) groups excluding carboxylic acids is 3. The predicted molar refractivity (Wildman–Crippen MR) is 52.0 cm³/mol. The molecule has 2 aliphatic rings. The van der Waals surface area contributed by atoms with Crippen molar-refractivity contribution >= 4 is 17.7 Å². The molecule has 0 aromatic rings. The Hall–Kier alpha value is -1.39. The van der Waals surface area contributed by atoms with Gasteiger partial charge in [0.05, 0.1) is 0 Å². The van der Waals surface area contributed by atoms with E-state index in [1.54, 1.807) is 0 Å².